The van der Waals surface area contributed by atoms with Crippen LogP contribution in [0.4, 0.5) is 4.79 Å². The van der Waals surface area contributed by atoms with Gasteiger partial charge in [0.2, 0.25) is 0 Å². The number of rotatable bonds is 4. The van der Waals surface area contributed by atoms with Crippen LogP contribution in [0.1, 0.15) is 32.4 Å². The number of halogens is 1. The Labute approximate surface area is 127 Å². The standard InChI is InChI=1S/C14H21BrN2O3/c1-14(2,19)11-4-3-9-17(11)13(18)16-8-7-10-5-6-12(15)20-10/h5-6,11,19H,3-4,7-9H2,1-2H3,(H,16,18). The molecule has 1 aromatic rings. The molecule has 0 saturated carbocycles. The normalized spacial score (nSPS) is 19.4. The number of hydrogen-bond donors (Lipinski definition) is 2. The molecular weight excluding hydrogens is 324 g/mol. The van der Waals surface area contributed by atoms with Gasteiger partial charge in [-0.1, -0.05) is 0 Å². The molecule has 5 nitrogen and oxygen atoms in total. The van der Waals surface area contributed by atoms with Gasteiger partial charge in [-0.15, -0.1) is 0 Å². The van der Waals surface area contributed by atoms with E-state index in [1.54, 1.807) is 18.7 Å². The van der Waals surface area contributed by atoms with E-state index in [0.717, 1.165) is 18.6 Å². The monoisotopic (exact) mass is 344 g/mol. The molecule has 2 N–H and O–H groups in total. The van der Waals surface area contributed by atoms with Gasteiger partial charge in [0.1, 0.15) is 5.76 Å². The minimum atomic E-state index is -0.861. The fourth-order valence-corrected chi connectivity index (χ4v) is 2.96. The van der Waals surface area contributed by atoms with Gasteiger partial charge in [0.15, 0.2) is 4.67 Å². The number of likely N-dealkylation sites (tertiary alicyclic amines) is 1. The molecule has 2 rings (SSSR count). The molecule has 1 aromatic heterocycles. The third-order valence-electron chi connectivity index (χ3n) is 3.61. The Bertz CT molecular complexity index is 467. The van der Waals surface area contributed by atoms with Crippen molar-refractivity contribution in [1.82, 2.24) is 10.2 Å². The zero-order valence-electron chi connectivity index (χ0n) is 11.9. The first-order valence-electron chi connectivity index (χ1n) is 6.89. The number of amides is 2. The van der Waals surface area contributed by atoms with Crippen molar-refractivity contribution in [1.29, 1.82) is 0 Å². The van der Waals surface area contributed by atoms with Gasteiger partial charge < -0.3 is 19.7 Å². The first-order chi connectivity index (χ1) is 9.38. The van der Waals surface area contributed by atoms with Crippen LogP contribution < -0.4 is 5.32 Å². The number of hydrogen-bond acceptors (Lipinski definition) is 3. The van der Waals surface area contributed by atoms with E-state index in [-0.39, 0.29) is 12.1 Å². The molecule has 1 fully saturated rings. The van der Waals surface area contributed by atoms with Gasteiger partial charge in [-0.25, -0.2) is 4.79 Å². The van der Waals surface area contributed by atoms with E-state index in [1.807, 2.05) is 12.1 Å². The molecule has 1 unspecified atom stereocenters. The van der Waals surface area contributed by atoms with E-state index in [0.29, 0.717) is 24.2 Å². The largest absolute Gasteiger partial charge is 0.454 e. The van der Waals surface area contributed by atoms with Crippen LogP contribution in [-0.4, -0.2) is 40.8 Å². The van der Waals surface area contributed by atoms with Gasteiger partial charge in [-0.05, 0) is 54.8 Å². The average molecular weight is 345 g/mol. The first kappa shape index (κ1) is 15.4. The van der Waals surface area contributed by atoms with Crippen molar-refractivity contribution in [3.05, 3.63) is 22.6 Å². The summed E-state index contributed by atoms with van der Waals surface area (Å²) in [7, 11) is 0. The number of nitrogens with zero attached hydrogens (tertiary/aromatic N) is 1. The quantitative estimate of drug-likeness (QED) is 0.881. The number of aliphatic hydroxyl groups is 1. The molecule has 0 aromatic carbocycles. The lowest BCUT2D eigenvalue weighted by Gasteiger charge is -2.33. The molecule has 112 valence electrons. The summed E-state index contributed by atoms with van der Waals surface area (Å²) < 4.78 is 6.07. The Morgan fingerprint density at radius 1 is 1.60 bits per heavy atom. The van der Waals surface area contributed by atoms with Crippen LogP contribution >= 0.6 is 15.9 Å². The highest BCUT2D eigenvalue weighted by atomic mass is 79.9. The Morgan fingerprint density at radius 2 is 2.35 bits per heavy atom. The summed E-state index contributed by atoms with van der Waals surface area (Å²) >= 11 is 3.25. The summed E-state index contributed by atoms with van der Waals surface area (Å²) in [5.41, 5.74) is -0.861. The summed E-state index contributed by atoms with van der Waals surface area (Å²) in [6.07, 6.45) is 2.44. The lowest BCUT2D eigenvalue weighted by Crippen LogP contribution is -2.51. The molecule has 6 heteroatoms. The van der Waals surface area contributed by atoms with Crippen molar-refractivity contribution in [2.75, 3.05) is 13.1 Å². The fraction of sp³-hybridized carbons (Fsp3) is 0.643. The fourth-order valence-electron chi connectivity index (χ4n) is 2.62. The molecule has 1 saturated heterocycles. The second kappa shape index (κ2) is 6.18. The molecule has 1 atom stereocenters. The van der Waals surface area contributed by atoms with Crippen molar-refractivity contribution in [3.63, 3.8) is 0 Å². The van der Waals surface area contributed by atoms with Crippen LogP contribution in [0.2, 0.25) is 0 Å². The van der Waals surface area contributed by atoms with Gasteiger partial charge in [0.25, 0.3) is 0 Å². The summed E-state index contributed by atoms with van der Waals surface area (Å²) in [4.78, 5) is 13.9. The van der Waals surface area contributed by atoms with Gasteiger partial charge in [0, 0.05) is 19.5 Å². The maximum atomic E-state index is 12.2. The highest BCUT2D eigenvalue weighted by Crippen LogP contribution is 2.26. The molecule has 0 spiro atoms. The van der Waals surface area contributed by atoms with Crippen molar-refractivity contribution in [2.24, 2.45) is 0 Å². The Morgan fingerprint density at radius 3 is 2.95 bits per heavy atom. The van der Waals surface area contributed by atoms with Crippen molar-refractivity contribution < 1.29 is 14.3 Å². The molecule has 0 radical (unpaired) electrons. The van der Waals surface area contributed by atoms with Crippen LogP contribution in [0, 0.1) is 0 Å². The first-order valence-corrected chi connectivity index (χ1v) is 7.68. The van der Waals surface area contributed by atoms with Crippen LogP contribution in [0.15, 0.2) is 21.2 Å². The number of urea groups is 1. The highest BCUT2D eigenvalue weighted by Gasteiger charge is 2.38. The number of furan rings is 1. The predicted octanol–water partition coefficient (Wildman–Crippen LogP) is 2.53. The Balaban J connectivity index is 1.82. The minimum absolute atomic E-state index is 0.111. The van der Waals surface area contributed by atoms with Crippen molar-refractivity contribution in [2.45, 2.75) is 44.8 Å². The van der Waals surface area contributed by atoms with E-state index >= 15 is 0 Å². The highest BCUT2D eigenvalue weighted by molar-refractivity contribution is 9.10. The Hall–Kier alpha value is -1.01. The van der Waals surface area contributed by atoms with Gasteiger partial charge in [0.05, 0.1) is 11.6 Å². The number of carbonyl (C=O) groups is 1. The third-order valence-corrected chi connectivity index (χ3v) is 4.03. The van der Waals surface area contributed by atoms with Crippen LogP contribution in [0.25, 0.3) is 0 Å². The molecule has 1 aliphatic heterocycles. The molecule has 1 aliphatic rings. The van der Waals surface area contributed by atoms with E-state index in [4.69, 9.17) is 4.42 Å². The lowest BCUT2D eigenvalue weighted by atomic mass is 9.97. The zero-order valence-corrected chi connectivity index (χ0v) is 13.4. The summed E-state index contributed by atoms with van der Waals surface area (Å²) in [6, 6.07) is 3.49. The minimum Gasteiger partial charge on any atom is -0.454 e. The molecular formula is C14H21BrN2O3. The molecule has 2 heterocycles. The van der Waals surface area contributed by atoms with Gasteiger partial charge in [-0.2, -0.15) is 0 Å². The van der Waals surface area contributed by atoms with Gasteiger partial charge in [-0.3, -0.25) is 0 Å². The smallest absolute Gasteiger partial charge is 0.317 e. The lowest BCUT2D eigenvalue weighted by molar-refractivity contribution is 0.00985. The van der Waals surface area contributed by atoms with Crippen molar-refractivity contribution in [3.8, 4) is 0 Å². The zero-order chi connectivity index (χ0) is 14.8. The van der Waals surface area contributed by atoms with E-state index in [9.17, 15) is 9.90 Å². The predicted molar refractivity (Wildman–Crippen MR) is 79.5 cm³/mol. The van der Waals surface area contributed by atoms with Crippen molar-refractivity contribution >= 4 is 22.0 Å². The summed E-state index contributed by atoms with van der Waals surface area (Å²) in [5, 5.41) is 13.0. The maximum absolute atomic E-state index is 12.2. The second-order valence-electron chi connectivity index (χ2n) is 5.69. The SMILES string of the molecule is CC(C)(O)C1CCCN1C(=O)NCCc1ccc(Br)o1. The molecule has 0 bridgehead atoms. The third kappa shape index (κ3) is 3.76. The van der Waals surface area contributed by atoms with E-state index in [2.05, 4.69) is 21.2 Å². The molecule has 20 heavy (non-hydrogen) atoms. The number of nitrogens with one attached hydrogen (secondary N) is 1. The average Bonchev–Trinajstić information content (AvgIpc) is 2.96. The van der Waals surface area contributed by atoms with Crippen LogP contribution in [0.5, 0.6) is 0 Å². The number of carbonyl (C=O) groups excluding carboxylic acids is 1. The Kier molecular flexibility index (Phi) is 4.75. The van der Waals surface area contributed by atoms with E-state index < -0.39 is 5.60 Å². The summed E-state index contributed by atoms with van der Waals surface area (Å²) in [5.74, 6) is 0.831. The van der Waals surface area contributed by atoms with Gasteiger partial charge >= 0.3 is 6.03 Å². The topological polar surface area (TPSA) is 65.7 Å². The molecule has 0 aliphatic carbocycles. The van der Waals surface area contributed by atoms with Crippen LogP contribution in [0.3, 0.4) is 0 Å². The van der Waals surface area contributed by atoms with Crippen LogP contribution in [-0.2, 0) is 6.42 Å². The molecule has 2 amide bonds. The second-order valence-corrected chi connectivity index (χ2v) is 6.47. The maximum Gasteiger partial charge on any atom is 0.317 e. The summed E-state index contributed by atoms with van der Waals surface area (Å²) in [6.45, 7) is 4.73. The van der Waals surface area contributed by atoms with E-state index in [1.165, 1.54) is 0 Å².